The van der Waals surface area contributed by atoms with Crippen LogP contribution < -0.4 is 10.6 Å². The van der Waals surface area contributed by atoms with E-state index in [-0.39, 0.29) is 5.91 Å². The van der Waals surface area contributed by atoms with Crippen molar-refractivity contribution >= 4 is 23.1 Å². The Balaban J connectivity index is 1.76. The van der Waals surface area contributed by atoms with E-state index in [1.807, 2.05) is 32.9 Å². The molecule has 0 fully saturated rings. The predicted molar refractivity (Wildman–Crippen MR) is 92.6 cm³/mol. The first-order chi connectivity index (χ1) is 11.5. The number of nitrogens with one attached hydrogen (secondary N) is 2. The zero-order valence-electron chi connectivity index (χ0n) is 13.8. The second-order valence-electron chi connectivity index (χ2n) is 5.74. The monoisotopic (exact) mass is 322 g/mol. The molecule has 0 aliphatic rings. The van der Waals surface area contributed by atoms with Gasteiger partial charge in [-0.05, 0) is 50.1 Å². The van der Waals surface area contributed by atoms with Crippen LogP contribution in [0.3, 0.4) is 0 Å². The number of benzene rings is 1. The number of aromatic nitrogens is 2. The van der Waals surface area contributed by atoms with Gasteiger partial charge in [0.2, 0.25) is 0 Å². The lowest BCUT2D eigenvalue weighted by Crippen LogP contribution is -2.12. The highest BCUT2D eigenvalue weighted by molar-refractivity contribution is 6.04. The standard InChI is InChI=1S/C18H18N4O2/c1-11-4-12(2)6-15(5-11)21-18(23)14-8-16(10-19-9-14)20-17-7-13(3)24-22-17/h4-10H,1-3H3,(H,20,22)(H,21,23). The molecule has 0 aliphatic heterocycles. The number of hydrogen-bond acceptors (Lipinski definition) is 5. The van der Waals surface area contributed by atoms with Crippen LogP contribution in [0.1, 0.15) is 27.2 Å². The molecule has 0 saturated heterocycles. The van der Waals surface area contributed by atoms with Gasteiger partial charge in [-0.2, -0.15) is 0 Å². The average molecular weight is 322 g/mol. The minimum Gasteiger partial charge on any atom is -0.360 e. The third-order valence-electron chi connectivity index (χ3n) is 3.38. The fourth-order valence-electron chi connectivity index (χ4n) is 2.46. The quantitative estimate of drug-likeness (QED) is 0.759. The zero-order valence-corrected chi connectivity index (χ0v) is 13.8. The maximum absolute atomic E-state index is 12.4. The van der Waals surface area contributed by atoms with Crippen molar-refractivity contribution in [2.45, 2.75) is 20.8 Å². The second kappa shape index (κ2) is 6.54. The van der Waals surface area contributed by atoms with Crippen LogP contribution in [0.2, 0.25) is 0 Å². The van der Waals surface area contributed by atoms with Gasteiger partial charge in [-0.25, -0.2) is 0 Å². The van der Waals surface area contributed by atoms with Crippen LogP contribution in [0.5, 0.6) is 0 Å². The third-order valence-corrected chi connectivity index (χ3v) is 3.38. The van der Waals surface area contributed by atoms with E-state index in [1.165, 1.54) is 6.20 Å². The Morgan fingerprint density at radius 2 is 1.71 bits per heavy atom. The molecule has 2 N–H and O–H groups in total. The molecular formula is C18H18N4O2. The molecule has 0 bridgehead atoms. The first-order valence-electron chi connectivity index (χ1n) is 7.54. The van der Waals surface area contributed by atoms with Crippen molar-refractivity contribution in [1.29, 1.82) is 0 Å². The fourth-order valence-corrected chi connectivity index (χ4v) is 2.46. The minimum absolute atomic E-state index is 0.215. The van der Waals surface area contributed by atoms with E-state index >= 15 is 0 Å². The Morgan fingerprint density at radius 1 is 0.958 bits per heavy atom. The van der Waals surface area contributed by atoms with Gasteiger partial charge in [0.25, 0.3) is 5.91 Å². The summed E-state index contributed by atoms with van der Waals surface area (Å²) in [5.74, 6) is 1.06. The van der Waals surface area contributed by atoms with Crippen LogP contribution in [0, 0.1) is 20.8 Å². The van der Waals surface area contributed by atoms with Gasteiger partial charge in [-0.3, -0.25) is 9.78 Å². The highest BCUT2D eigenvalue weighted by Crippen LogP contribution is 2.18. The largest absolute Gasteiger partial charge is 0.360 e. The van der Waals surface area contributed by atoms with Gasteiger partial charge in [0.05, 0.1) is 17.4 Å². The molecule has 1 aromatic carbocycles. The van der Waals surface area contributed by atoms with E-state index in [2.05, 4.69) is 26.8 Å². The van der Waals surface area contributed by atoms with E-state index in [4.69, 9.17) is 4.52 Å². The van der Waals surface area contributed by atoms with E-state index in [1.54, 1.807) is 18.3 Å². The molecule has 3 rings (SSSR count). The van der Waals surface area contributed by atoms with Crippen LogP contribution in [0.25, 0.3) is 0 Å². The summed E-state index contributed by atoms with van der Waals surface area (Å²) in [4.78, 5) is 16.5. The van der Waals surface area contributed by atoms with Crippen molar-refractivity contribution in [3.63, 3.8) is 0 Å². The molecule has 6 heteroatoms. The van der Waals surface area contributed by atoms with E-state index < -0.39 is 0 Å². The van der Waals surface area contributed by atoms with Crippen LogP contribution in [-0.2, 0) is 0 Å². The number of carbonyl (C=O) groups excluding carboxylic acids is 1. The molecular weight excluding hydrogens is 304 g/mol. The fraction of sp³-hybridized carbons (Fsp3) is 0.167. The minimum atomic E-state index is -0.215. The number of hydrogen-bond donors (Lipinski definition) is 2. The van der Waals surface area contributed by atoms with Crippen LogP contribution in [-0.4, -0.2) is 16.0 Å². The Morgan fingerprint density at radius 3 is 2.38 bits per heavy atom. The van der Waals surface area contributed by atoms with Crippen molar-refractivity contribution in [3.8, 4) is 0 Å². The molecule has 2 heterocycles. The molecule has 2 aromatic heterocycles. The number of aryl methyl sites for hydroxylation is 3. The second-order valence-corrected chi connectivity index (χ2v) is 5.74. The average Bonchev–Trinajstić information content (AvgIpc) is 2.91. The van der Waals surface area contributed by atoms with Gasteiger partial charge < -0.3 is 15.2 Å². The number of rotatable bonds is 4. The highest BCUT2D eigenvalue weighted by Gasteiger charge is 2.09. The van der Waals surface area contributed by atoms with Gasteiger partial charge >= 0.3 is 0 Å². The van der Waals surface area contributed by atoms with Gasteiger partial charge in [-0.15, -0.1) is 0 Å². The lowest BCUT2D eigenvalue weighted by molar-refractivity contribution is 0.102. The van der Waals surface area contributed by atoms with Gasteiger partial charge in [0, 0.05) is 18.0 Å². The van der Waals surface area contributed by atoms with Crippen molar-refractivity contribution in [2.24, 2.45) is 0 Å². The molecule has 0 atom stereocenters. The van der Waals surface area contributed by atoms with Gasteiger partial charge in [0.1, 0.15) is 5.76 Å². The summed E-state index contributed by atoms with van der Waals surface area (Å²) < 4.78 is 5.00. The summed E-state index contributed by atoms with van der Waals surface area (Å²) in [6.45, 7) is 5.80. The predicted octanol–water partition coefficient (Wildman–Crippen LogP) is 3.99. The summed E-state index contributed by atoms with van der Waals surface area (Å²) in [5.41, 5.74) is 4.08. The maximum Gasteiger partial charge on any atom is 0.257 e. The summed E-state index contributed by atoms with van der Waals surface area (Å²) in [5, 5.41) is 9.81. The molecule has 0 spiro atoms. The molecule has 0 aliphatic carbocycles. The zero-order chi connectivity index (χ0) is 17.1. The Bertz CT molecular complexity index is 866. The first kappa shape index (κ1) is 15.7. The summed E-state index contributed by atoms with van der Waals surface area (Å²) in [6.07, 6.45) is 3.15. The topological polar surface area (TPSA) is 80.0 Å². The molecule has 6 nitrogen and oxygen atoms in total. The van der Waals surface area contributed by atoms with E-state index in [0.29, 0.717) is 22.8 Å². The summed E-state index contributed by atoms with van der Waals surface area (Å²) >= 11 is 0. The number of amides is 1. The number of carbonyl (C=O) groups is 1. The Kier molecular flexibility index (Phi) is 4.29. The number of nitrogens with zero attached hydrogens (tertiary/aromatic N) is 2. The number of pyridine rings is 1. The van der Waals surface area contributed by atoms with Crippen molar-refractivity contribution in [3.05, 3.63) is 65.2 Å². The Labute approximate surface area is 139 Å². The summed E-state index contributed by atoms with van der Waals surface area (Å²) in [6, 6.07) is 9.40. The summed E-state index contributed by atoms with van der Waals surface area (Å²) in [7, 11) is 0. The molecule has 1 amide bonds. The van der Waals surface area contributed by atoms with Crippen LogP contribution >= 0.6 is 0 Å². The normalized spacial score (nSPS) is 10.5. The Hall–Kier alpha value is -3.15. The SMILES string of the molecule is Cc1cc(C)cc(NC(=O)c2cncc(Nc3cc(C)on3)c2)c1. The smallest absolute Gasteiger partial charge is 0.257 e. The van der Waals surface area contributed by atoms with E-state index in [0.717, 1.165) is 16.8 Å². The van der Waals surface area contributed by atoms with Crippen molar-refractivity contribution in [2.75, 3.05) is 10.6 Å². The van der Waals surface area contributed by atoms with Crippen molar-refractivity contribution < 1.29 is 9.32 Å². The van der Waals surface area contributed by atoms with Crippen LogP contribution in [0.15, 0.2) is 47.2 Å². The van der Waals surface area contributed by atoms with E-state index in [9.17, 15) is 4.79 Å². The third kappa shape index (κ3) is 3.78. The van der Waals surface area contributed by atoms with Gasteiger partial charge in [0.15, 0.2) is 5.82 Å². The van der Waals surface area contributed by atoms with Crippen molar-refractivity contribution in [1.82, 2.24) is 10.1 Å². The number of anilines is 3. The molecule has 0 radical (unpaired) electrons. The highest BCUT2D eigenvalue weighted by atomic mass is 16.5. The molecule has 24 heavy (non-hydrogen) atoms. The van der Waals surface area contributed by atoms with Crippen LogP contribution in [0.4, 0.5) is 17.2 Å². The lowest BCUT2D eigenvalue weighted by atomic mass is 10.1. The first-order valence-corrected chi connectivity index (χ1v) is 7.54. The molecule has 0 unspecified atom stereocenters. The lowest BCUT2D eigenvalue weighted by Gasteiger charge is -2.08. The maximum atomic E-state index is 12.4. The van der Waals surface area contributed by atoms with Gasteiger partial charge in [-0.1, -0.05) is 11.2 Å². The molecule has 3 aromatic rings. The molecule has 0 saturated carbocycles. The molecule has 122 valence electrons.